The number of aryl methyl sites for hydroxylation is 2. The molecule has 1 fully saturated rings. The molecule has 0 bridgehead atoms. The Balaban J connectivity index is 1.31. The first-order valence-corrected chi connectivity index (χ1v) is 13.6. The molecular weight excluding hydrogens is 533 g/mol. The summed E-state index contributed by atoms with van der Waals surface area (Å²) in [6.45, 7) is 2.28. The number of aromatic nitrogens is 3. The third-order valence-corrected chi connectivity index (χ3v) is 7.39. The molecule has 0 spiro atoms. The molecule has 41 heavy (non-hydrogen) atoms. The molecule has 1 unspecified atom stereocenters. The van der Waals surface area contributed by atoms with E-state index >= 15 is 0 Å². The van der Waals surface area contributed by atoms with E-state index in [0.717, 1.165) is 56.5 Å². The number of carbonyl (C=O) groups excluding carboxylic acids is 1. The summed E-state index contributed by atoms with van der Waals surface area (Å²) in [4.78, 5) is 18.5. The van der Waals surface area contributed by atoms with E-state index in [1.807, 2.05) is 12.1 Å². The van der Waals surface area contributed by atoms with Crippen LogP contribution in [0.3, 0.4) is 0 Å². The number of hydrogen-bond acceptors (Lipinski definition) is 7. The minimum atomic E-state index is -4.83. The fourth-order valence-corrected chi connectivity index (χ4v) is 5.28. The van der Waals surface area contributed by atoms with Gasteiger partial charge in [0.2, 0.25) is 5.95 Å². The Bertz CT molecular complexity index is 1460. The van der Waals surface area contributed by atoms with Gasteiger partial charge in [0.15, 0.2) is 0 Å². The Hall–Kier alpha value is -4.32. The average molecular weight is 565 g/mol. The van der Waals surface area contributed by atoms with Crippen molar-refractivity contribution in [3.63, 3.8) is 0 Å². The third kappa shape index (κ3) is 6.88. The van der Waals surface area contributed by atoms with Crippen LogP contribution in [-0.4, -0.2) is 56.3 Å². The molecule has 12 heteroatoms. The molecule has 1 aliphatic heterocycles. The van der Waals surface area contributed by atoms with Crippen molar-refractivity contribution in [2.75, 3.05) is 23.7 Å². The van der Waals surface area contributed by atoms with Gasteiger partial charge in [-0.05, 0) is 99.2 Å². The molecule has 3 aromatic rings. The number of fused-ring (bicyclic) bond motifs is 1. The summed E-state index contributed by atoms with van der Waals surface area (Å²) in [5.41, 5.74) is 2.92. The van der Waals surface area contributed by atoms with Crippen molar-refractivity contribution in [1.82, 2.24) is 19.7 Å². The maximum atomic E-state index is 13.5. The first kappa shape index (κ1) is 28.2. The first-order chi connectivity index (χ1) is 19.7. The summed E-state index contributed by atoms with van der Waals surface area (Å²) in [5.74, 6) is -2.94. The molecule has 2 heterocycles. The predicted octanol–water partition coefficient (Wildman–Crippen LogP) is 5.42. The highest BCUT2D eigenvalue weighted by atomic mass is 19.4. The van der Waals surface area contributed by atoms with Crippen LogP contribution < -0.4 is 10.6 Å². The maximum absolute atomic E-state index is 13.5. The van der Waals surface area contributed by atoms with Crippen molar-refractivity contribution in [1.29, 1.82) is 10.8 Å². The second-order valence-corrected chi connectivity index (χ2v) is 10.2. The van der Waals surface area contributed by atoms with Crippen LogP contribution in [0.4, 0.5) is 30.5 Å². The number of amides is 1. The summed E-state index contributed by atoms with van der Waals surface area (Å²) < 4.78 is 41.2. The van der Waals surface area contributed by atoms with Gasteiger partial charge in [0.05, 0.1) is 0 Å². The average Bonchev–Trinajstić information content (AvgIpc) is 3.59. The zero-order valence-corrected chi connectivity index (χ0v) is 22.3. The molecule has 1 aromatic heterocycles. The lowest BCUT2D eigenvalue weighted by molar-refractivity contribution is -0.144. The summed E-state index contributed by atoms with van der Waals surface area (Å²) in [6, 6.07) is 14.8. The Kier molecular flexibility index (Phi) is 8.29. The summed E-state index contributed by atoms with van der Waals surface area (Å²) in [5, 5.41) is 25.2. The van der Waals surface area contributed by atoms with E-state index in [4.69, 9.17) is 10.8 Å². The van der Waals surface area contributed by atoms with Gasteiger partial charge >= 0.3 is 6.18 Å². The molecule has 0 saturated carbocycles. The highest BCUT2D eigenvalue weighted by Crippen LogP contribution is 2.31. The van der Waals surface area contributed by atoms with Gasteiger partial charge in [0, 0.05) is 17.4 Å². The number of para-hydroxylation sites is 1. The van der Waals surface area contributed by atoms with E-state index in [0.29, 0.717) is 22.1 Å². The van der Waals surface area contributed by atoms with E-state index in [1.54, 1.807) is 36.4 Å². The van der Waals surface area contributed by atoms with Gasteiger partial charge in [-0.2, -0.15) is 22.8 Å². The Morgan fingerprint density at radius 1 is 0.951 bits per heavy atom. The highest BCUT2D eigenvalue weighted by Gasteiger charge is 2.37. The van der Waals surface area contributed by atoms with E-state index in [1.165, 1.54) is 18.4 Å². The van der Waals surface area contributed by atoms with Crippen molar-refractivity contribution in [2.45, 2.75) is 50.7 Å². The number of benzene rings is 2. The second kappa shape index (κ2) is 12.0. The molecule has 2 aliphatic rings. The van der Waals surface area contributed by atoms with Crippen LogP contribution in [0.2, 0.25) is 0 Å². The van der Waals surface area contributed by atoms with Gasteiger partial charge in [-0.1, -0.05) is 24.3 Å². The number of hydrogen-bond donors (Lipinski definition) is 4. The van der Waals surface area contributed by atoms with Gasteiger partial charge in [0.25, 0.3) is 11.7 Å². The van der Waals surface area contributed by atoms with Crippen LogP contribution in [0.5, 0.6) is 0 Å². The Morgan fingerprint density at radius 2 is 1.66 bits per heavy atom. The van der Waals surface area contributed by atoms with Crippen molar-refractivity contribution in [2.24, 2.45) is 0 Å². The predicted molar refractivity (Wildman–Crippen MR) is 151 cm³/mol. The molecular formula is C29H31F3N8O. The fourth-order valence-electron chi connectivity index (χ4n) is 5.28. The first-order valence-electron chi connectivity index (χ1n) is 13.6. The topological polar surface area (TPSA) is 123 Å². The lowest BCUT2D eigenvalue weighted by Crippen LogP contribution is -2.32. The number of nitrogens with one attached hydrogen (secondary N) is 4. The van der Waals surface area contributed by atoms with Gasteiger partial charge < -0.3 is 15.5 Å². The minimum absolute atomic E-state index is 0.296. The largest absolute Gasteiger partial charge is 0.453 e. The van der Waals surface area contributed by atoms with Crippen molar-refractivity contribution < 1.29 is 18.0 Å². The molecule has 1 amide bonds. The zero-order valence-electron chi connectivity index (χ0n) is 22.3. The van der Waals surface area contributed by atoms with Crippen molar-refractivity contribution in [3.05, 3.63) is 77.6 Å². The maximum Gasteiger partial charge on any atom is 0.453 e. The Morgan fingerprint density at radius 3 is 2.37 bits per heavy atom. The summed E-state index contributed by atoms with van der Waals surface area (Å²) in [6.07, 6.45) is 3.65. The van der Waals surface area contributed by atoms with Crippen molar-refractivity contribution >= 4 is 34.8 Å². The van der Waals surface area contributed by atoms with E-state index in [-0.39, 0.29) is 5.95 Å². The van der Waals surface area contributed by atoms with Gasteiger partial charge in [-0.25, -0.2) is 0 Å². The minimum Gasteiger partial charge on any atom is -0.324 e. The third-order valence-electron chi connectivity index (χ3n) is 7.39. The summed E-state index contributed by atoms with van der Waals surface area (Å²) in [7, 11) is 0. The standard InChI is InChI=1S/C29H31F3N8O/c30-29(31,32)27-37-28(40(38-27)25(34)15-14-24(33)26(41)35-21-6-2-1-3-7-21)36-22-11-8-19-9-12-23(13-10-20(19)18-22)39-16-4-5-17-39/h1-3,6-8,11,14-15,18,23,33-34H,4-5,9-10,12-13,16-17H2,(H,35,41)(H,36,37,38)/b15-14-,33-24?,34-25?. The molecule has 1 atom stereocenters. The highest BCUT2D eigenvalue weighted by molar-refractivity contribution is 6.46. The number of alkyl halides is 3. The normalized spacial score (nSPS) is 17.7. The van der Waals surface area contributed by atoms with Gasteiger partial charge in [-0.3, -0.25) is 15.6 Å². The number of rotatable bonds is 7. The molecule has 2 aromatic carbocycles. The number of allylic oxidation sites excluding steroid dienone is 1. The SMILES string of the molecule is N=C(/C=C\C(=N)n1nc(C(F)(F)F)nc1Nc1ccc2c(c1)CCC(N1CCCC1)CC2)C(=O)Nc1ccccc1. The molecule has 1 aliphatic carbocycles. The molecule has 1 saturated heterocycles. The van der Waals surface area contributed by atoms with E-state index < -0.39 is 29.5 Å². The van der Waals surface area contributed by atoms with Crippen LogP contribution in [0.25, 0.3) is 0 Å². The lowest BCUT2D eigenvalue weighted by atomic mass is 10.0. The van der Waals surface area contributed by atoms with Crippen LogP contribution in [-0.2, 0) is 23.8 Å². The number of anilines is 3. The number of halogens is 3. The lowest BCUT2D eigenvalue weighted by Gasteiger charge is -2.25. The van der Waals surface area contributed by atoms with E-state index in [2.05, 4.69) is 25.6 Å². The van der Waals surface area contributed by atoms with Gasteiger partial charge in [0.1, 0.15) is 11.5 Å². The fraction of sp³-hybridized carbons (Fsp3) is 0.345. The molecule has 5 rings (SSSR count). The Labute approximate surface area is 235 Å². The zero-order chi connectivity index (χ0) is 29.0. The van der Waals surface area contributed by atoms with E-state index in [9.17, 15) is 18.0 Å². The number of carbonyl (C=O) groups is 1. The van der Waals surface area contributed by atoms with Crippen LogP contribution in [0, 0.1) is 10.8 Å². The number of likely N-dealkylation sites (tertiary alicyclic amines) is 1. The van der Waals surface area contributed by atoms with Gasteiger partial charge in [-0.15, -0.1) is 5.10 Å². The molecule has 9 nitrogen and oxygen atoms in total. The molecule has 214 valence electrons. The smallest absolute Gasteiger partial charge is 0.324 e. The molecule has 0 radical (unpaired) electrons. The number of nitrogens with zero attached hydrogens (tertiary/aromatic N) is 4. The van der Waals surface area contributed by atoms with Crippen molar-refractivity contribution in [3.8, 4) is 0 Å². The van der Waals surface area contributed by atoms with Crippen LogP contribution in [0.1, 0.15) is 42.6 Å². The molecule has 4 N–H and O–H groups in total. The summed E-state index contributed by atoms with van der Waals surface area (Å²) >= 11 is 0. The quantitative estimate of drug-likeness (QED) is 0.173. The monoisotopic (exact) mass is 564 g/mol. The second-order valence-electron chi connectivity index (χ2n) is 10.2. The van der Waals surface area contributed by atoms with Crippen LogP contribution in [0.15, 0.2) is 60.7 Å². The van der Waals surface area contributed by atoms with Crippen LogP contribution >= 0.6 is 0 Å².